The zero-order valence-electron chi connectivity index (χ0n) is 16.0. The van der Waals surface area contributed by atoms with Crippen LogP contribution in [0.25, 0.3) is 0 Å². The van der Waals surface area contributed by atoms with Crippen LogP contribution in [0, 0.1) is 0 Å². The standard InChI is InChI=1S/C17H26F3N5O3/c1-3-27-16-23-14(26-2)11(15(24-16)28-10-17(18,19)20)8-12-13-9-21-4-6-25(13)7-5-22-12/h12-13,21-22H,3-10H2,1-2H3. The van der Waals surface area contributed by atoms with Gasteiger partial charge in [0.15, 0.2) is 6.61 Å². The highest BCUT2D eigenvalue weighted by Crippen LogP contribution is 2.31. The van der Waals surface area contributed by atoms with Crippen LogP contribution in [0.4, 0.5) is 13.2 Å². The molecule has 3 rings (SSSR count). The maximum atomic E-state index is 12.7. The molecule has 1 aromatic rings. The van der Waals surface area contributed by atoms with Gasteiger partial charge in [-0.15, -0.1) is 0 Å². The van der Waals surface area contributed by atoms with E-state index < -0.39 is 12.8 Å². The van der Waals surface area contributed by atoms with Gasteiger partial charge in [-0.25, -0.2) is 0 Å². The molecule has 0 aliphatic carbocycles. The predicted molar refractivity (Wildman–Crippen MR) is 95.0 cm³/mol. The molecular weight excluding hydrogens is 379 g/mol. The van der Waals surface area contributed by atoms with E-state index in [4.69, 9.17) is 14.2 Å². The first-order valence-corrected chi connectivity index (χ1v) is 9.36. The Labute approximate surface area is 161 Å². The van der Waals surface area contributed by atoms with E-state index >= 15 is 0 Å². The summed E-state index contributed by atoms with van der Waals surface area (Å²) in [7, 11) is 1.41. The molecular formula is C17H26F3N5O3. The fraction of sp³-hybridized carbons (Fsp3) is 0.765. The molecule has 2 unspecified atom stereocenters. The van der Waals surface area contributed by atoms with Gasteiger partial charge in [0.25, 0.3) is 0 Å². The number of hydrogen-bond acceptors (Lipinski definition) is 8. The van der Waals surface area contributed by atoms with Crippen molar-refractivity contribution < 1.29 is 27.4 Å². The van der Waals surface area contributed by atoms with E-state index in [1.807, 2.05) is 0 Å². The number of halogens is 3. The zero-order chi connectivity index (χ0) is 20.1. The van der Waals surface area contributed by atoms with Crippen molar-refractivity contribution in [3.05, 3.63) is 5.56 Å². The Morgan fingerprint density at radius 1 is 1.14 bits per heavy atom. The predicted octanol–water partition coefficient (Wildman–Crippen LogP) is 0.613. The van der Waals surface area contributed by atoms with Crippen LogP contribution in [0.15, 0.2) is 0 Å². The Balaban J connectivity index is 1.88. The van der Waals surface area contributed by atoms with Crippen LogP contribution in [0.1, 0.15) is 12.5 Å². The van der Waals surface area contributed by atoms with Gasteiger partial charge in [0.2, 0.25) is 11.8 Å². The van der Waals surface area contributed by atoms with Crippen LogP contribution in [0.5, 0.6) is 17.8 Å². The van der Waals surface area contributed by atoms with Crippen molar-refractivity contribution in [2.75, 3.05) is 53.0 Å². The highest BCUT2D eigenvalue weighted by molar-refractivity contribution is 5.38. The molecule has 2 atom stereocenters. The maximum absolute atomic E-state index is 12.7. The van der Waals surface area contributed by atoms with Crippen molar-refractivity contribution in [2.24, 2.45) is 0 Å². The Bertz CT molecular complexity index is 660. The van der Waals surface area contributed by atoms with Gasteiger partial charge in [-0.1, -0.05) is 0 Å². The smallest absolute Gasteiger partial charge is 0.422 e. The highest BCUT2D eigenvalue weighted by Gasteiger charge is 2.35. The quantitative estimate of drug-likeness (QED) is 0.683. The second-order valence-electron chi connectivity index (χ2n) is 6.71. The fourth-order valence-electron chi connectivity index (χ4n) is 3.63. The third-order valence-corrected chi connectivity index (χ3v) is 4.84. The van der Waals surface area contributed by atoms with Gasteiger partial charge in [0, 0.05) is 44.8 Å². The van der Waals surface area contributed by atoms with Crippen LogP contribution >= 0.6 is 0 Å². The number of fused-ring (bicyclic) bond motifs is 1. The second-order valence-corrected chi connectivity index (χ2v) is 6.71. The van der Waals surface area contributed by atoms with Crippen molar-refractivity contribution in [2.45, 2.75) is 31.6 Å². The minimum atomic E-state index is -4.48. The number of hydrogen-bond donors (Lipinski definition) is 2. The molecule has 0 radical (unpaired) electrons. The van der Waals surface area contributed by atoms with Crippen molar-refractivity contribution in [3.63, 3.8) is 0 Å². The lowest BCUT2D eigenvalue weighted by molar-refractivity contribution is -0.154. The van der Waals surface area contributed by atoms with Gasteiger partial charge >= 0.3 is 12.2 Å². The first kappa shape index (κ1) is 20.9. The maximum Gasteiger partial charge on any atom is 0.422 e. The van der Waals surface area contributed by atoms with E-state index in [-0.39, 0.29) is 36.5 Å². The topological polar surface area (TPSA) is 80.8 Å². The number of piperazine rings is 2. The first-order valence-electron chi connectivity index (χ1n) is 9.36. The third-order valence-electron chi connectivity index (χ3n) is 4.84. The van der Waals surface area contributed by atoms with Gasteiger partial charge in [-0.3, -0.25) is 4.90 Å². The normalized spacial score (nSPS) is 23.2. The summed E-state index contributed by atoms with van der Waals surface area (Å²) >= 11 is 0. The van der Waals surface area contributed by atoms with Gasteiger partial charge in [-0.2, -0.15) is 23.1 Å². The van der Waals surface area contributed by atoms with Gasteiger partial charge in [-0.05, 0) is 13.3 Å². The number of rotatable bonds is 7. The molecule has 0 amide bonds. The van der Waals surface area contributed by atoms with E-state index in [2.05, 4.69) is 25.5 Å². The lowest BCUT2D eigenvalue weighted by Crippen LogP contribution is -2.65. The summed E-state index contributed by atoms with van der Waals surface area (Å²) in [6.07, 6.45) is -4.10. The lowest BCUT2D eigenvalue weighted by atomic mass is 9.95. The minimum absolute atomic E-state index is 0.00484. The van der Waals surface area contributed by atoms with Crippen LogP contribution in [-0.4, -0.2) is 86.2 Å². The number of alkyl halides is 3. The van der Waals surface area contributed by atoms with E-state index in [0.717, 1.165) is 32.7 Å². The number of aromatic nitrogens is 2. The third kappa shape index (κ3) is 5.15. The molecule has 11 heteroatoms. The molecule has 0 spiro atoms. The summed E-state index contributed by atoms with van der Waals surface area (Å²) in [4.78, 5) is 10.6. The summed E-state index contributed by atoms with van der Waals surface area (Å²) in [5.41, 5.74) is 0.403. The van der Waals surface area contributed by atoms with Crippen molar-refractivity contribution >= 4 is 0 Å². The lowest BCUT2D eigenvalue weighted by Gasteiger charge is -2.45. The molecule has 28 heavy (non-hydrogen) atoms. The first-order chi connectivity index (χ1) is 13.4. The zero-order valence-corrected chi connectivity index (χ0v) is 16.0. The summed E-state index contributed by atoms with van der Waals surface area (Å²) in [6, 6.07) is 0.150. The molecule has 3 heterocycles. The van der Waals surface area contributed by atoms with Crippen LogP contribution in [0.2, 0.25) is 0 Å². The molecule has 2 aliphatic rings. The number of methoxy groups -OCH3 is 1. The fourth-order valence-corrected chi connectivity index (χ4v) is 3.63. The monoisotopic (exact) mass is 405 g/mol. The molecule has 0 aromatic carbocycles. The Hall–Kier alpha value is -1.85. The van der Waals surface area contributed by atoms with Crippen LogP contribution < -0.4 is 24.8 Å². The van der Waals surface area contributed by atoms with Crippen molar-refractivity contribution in [1.29, 1.82) is 0 Å². The second kappa shape index (κ2) is 9.10. The largest absolute Gasteiger partial charge is 0.481 e. The summed E-state index contributed by atoms with van der Waals surface area (Å²) in [5, 5.41) is 6.83. The highest BCUT2D eigenvalue weighted by atomic mass is 19.4. The number of nitrogens with zero attached hydrogens (tertiary/aromatic N) is 3. The Morgan fingerprint density at radius 2 is 1.89 bits per heavy atom. The van der Waals surface area contributed by atoms with Crippen LogP contribution in [0.3, 0.4) is 0 Å². The SMILES string of the molecule is CCOc1nc(OC)c(CC2NCCN3CCNCC23)c(OCC(F)(F)F)n1. The van der Waals surface area contributed by atoms with Gasteiger partial charge in [0.05, 0.1) is 19.3 Å². The molecule has 0 saturated carbocycles. The molecule has 2 N–H and O–H groups in total. The Kier molecular flexibility index (Phi) is 6.78. The number of ether oxygens (including phenoxy) is 3. The molecule has 2 saturated heterocycles. The number of nitrogens with one attached hydrogen (secondary N) is 2. The van der Waals surface area contributed by atoms with Gasteiger partial charge in [0.1, 0.15) is 0 Å². The van der Waals surface area contributed by atoms with Gasteiger partial charge < -0.3 is 24.8 Å². The summed E-state index contributed by atoms with van der Waals surface area (Å²) in [6.45, 7) is 4.98. The van der Waals surface area contributed by atoms with E-state index in [0.29, 0.717) is 12.0 Å². The van der Waals surface area contributed by atoms with Crippen LogP contribution in [-0.2, 0) is 6.42 Å². The molecule has 158 valence electrons. The van der Waals surface area contributed by atoms with Crippen molar-refractivity contribution in [1.82, 2.24) is 25.5 Å². The molecule has 2 fully saturated rings. The average molecular weight is 405 g/mol. The van der Waals surface area contributed by atoms with E-state index in [1.54, 1.807) is 6.92 Å². The molecule has 2 aliphatic heterocycles. The average Bonchev–Trinajstić information content (AvgIpc) is 2.67. The minimum Gasteiger partial charge on any atom is -0.481 e. The summed E-state index contributed by atoms with van der Waals surface area (Å²) < 4.78 is 53.8. The molecule has 8 nitrogen and oxygen atoms in total. The summed E-state index contributed by atoms with van der Waals surface area (Å²) in [5.74, 6) is 0.00799. The Morgan fingerprint density at radius 3 is 2.61 bits per heavy atom. The van der Waals surface area contributed by atoms with E-state index in [1.165, 1.54) is 7.11 Å². The van der Waals surface area contributed by atoms with E-state index in [9.17, 15) is 13.2 Å². The molecule has 1 aromatic heterocycles. The van der Waals surface area contributed by atoms with Crippen molar-refractivity contribution in [3.8, 4) is 17.8 Å². The molecule has 0 bridgehead atoms.